The molecule has 2 rings (SSSR count). The van der Waals surface area contributed by atoms with Crippen LogP contribution in [0.4, 0.5) is 0 Å². The van der Waals surface area contributed by atoms with E-state index in [0.717, 1.165) is 5.56 Å². The van der Waals surface area contributed by atoms with Gasteiger partial charge in [-0.05, 0) is 24.6 Å². The topological polar surface area (TPSA) is 29.5 Å². The molecule has 0 aromatic heterocycles. The van der Waals surface area contributed by atoms with E-state index in [0.29, 0.717) is 22.9 Å². The normalized spacial score (nSPS) is 12.2. The van der Waals surface area contributed by atoms with Crippen molar-refractivity contribution in [2.75, 3.05) is 0 Å². The van der Waals surface area contributed by atoms with Gasteiger partial charge in [-0.1, -0.05) is 48.9 Å². The van der Waals surface area contributed by atoms with Crippen LogP contribution in [0.3, 0.4) is 0 Å². The Labute approximate surface area is 112 Å². The van der Waals surface area contributed by atoms with Gasteiger partial charge in [0.2, 0.25) is 0 Å². The van der Waals surface area contributed by atoms with Gasteiger partial charge >= 0.3 is 0 Å². The molecule has 0 fully saturated rings. The molecule has 2 aromatic rings. The summed E-state index contributed by atoms with van der Waals surface area (Å²) in [6, 6.07) is 14.7. The zero-order valence-electron chi connectivity index (χ0n) is 10.1. The van der Waals surface area contributed by atoms with Crippen LogP contribution < -0.4 is 4.74 Å². The quantitative estimate of drug-likeness (QED) is 0.874. The number of halogens is 1. The first kappa shape index (κ1) is 12.9. The molecule has 0 saturated carbocycles. The lowest BCUT2D eigenvalue weighted by Gasteiger charge is -2.15. The molecule has 1 atom stereocenters. The van der Waals surface area contributed by atoms with Crippen molar-refractivity contribution in [3.05, 3.63) is 59.1 Å². The SMILES string of the molecule is CC[C@@H](O)c1ccccc1Oc1ccccc1Cl. The fraction of sp³-hybridized carbons (Fsp3) is 0.200. The van der Waals surface area contributed by atoms with Crippen LogP contribution in [0.2, 0.25) is 5.02 Å². The van der Waals surface area contributed by atoms with E-state index in [1.165, 1.54) is 0 Å². The minimum Gasteiger partial charge on any atom is -0.455 e. The van der Waals surface area contributed by atoms with E-state index in [1.54, 1.807) is 12.1 Å². The molecule has 94 valence electrons. The van der Waals surface area contributed by atoms with E-state index in [2.05, 4.69) is 0 Å². The van der Waals surface area contributed by atoms with E-state index < -0.39 is 6.10 Å². The summed E-state index contributed by atoms with van der Waals surface area (Å²) in [4.78, 5) is 0. The highest BCUT2D eigenvalue weighted by Crippen LogP contribution is 2.33. The first-order valence-corrected chi connectivity index (χ1v) is 6.29. The number of aliphatic hydroxyl groups is 1. The van der Waals surface area contributed by atoms with E-state index in [1.807, 2.05) is 43.3 Å². The summed E-state index contributed by atoms with van der Waals surface area (Å²) in [6.45, 7) is 1.93. The van der Waals surface area contributed by atoms with Gasteiger partial charge in [0.1, 0.15) is 11.5 Å². The van der Waals surface area contributed by atoms with Crippen molar-refractivity contribution in [2.45, 2.75) is 19.4 Å². The van der Waals surface area contributed by atoms with Crippen LogP contribution in [0, 0.1) is 0 Å². The molecule has 0 bridgehead atoms. The number of ether oxygens (including phenoxy) is 1. The van der Waals surface area contributed by atoms with Crippen molar-refractivity contribution in [2.24, 2.45) is 0 Å². The number of hydrogen-bond donors (Lipinski definition) is 1. The molecule has 0 aliphatic carbocycles. The van der Waals surface area contributed by atoms with Crippen molar-refractivity contribution in [1.82, 2.24) is 0 Å². The minimum atomic E-state index is -0.524. The number of rotatable bonds is 4. The van der Waals surface area contributed by atoms with E-state index >= 15 is 0 Å². The van der Waals surface area contributed by atoms with Crippen molar-refractivity contribution >= 4 is 11.6 Å². The molecular formula is C15H15ClO2. The van der Waals surface area contributed by atoms with E-state index in [4.69, 9.17) is 16.3 Å². The van der Waals surface area contributed by atoms with Crippen molar-refractivity contribution in [1.29, 1.82) is 0 Å². The zero-order chi connectivity index (χ0) is 13.0. The molecular weight excluding hydrogens is 248 g/mol. The van der Waals surface area contributed by atoms with Crippen LogP contribution in [0.5, 0.6) is 11.5 Å². The Hall–Kier alpha value is -1.51. The molecule has 0 radical (unpaired) electrons. The Kier molecular flexibility index (Phi) is 4.24. The minimum absolute atomic E-state index is 0.524. The predicted molar refractivity (Wildman–Crippen MR) is 73.2 cm³/mol. The summed E-state index contributed by atoms with van der Waals surface area (Å²) in [5.41, 5.74) is 0.778. The third-order valence-corrected chi connectivity index (χ3v) is 3.03. The second kappa shape index (κ2) is 5.89. The second-order valence-electron chi connectivity index (χ2n) is 3.99. The molecule has 1 N–H and O–H groups in total. The van der Waals surface area contributed by atoms with Gasteiger partial charge in [-0.3, -0.25) is 0 Å². The molecule has 0 aliphatic rings. The highest BCUT2D eigenvalue weighted by atomic mass is 35.5. The van der Waals surface area contributed by atoms with Crippen LogP contribution in [0.1, 0.15) is 25.0 Å². The first-order chi connectivity index (χ1) is 8.72. The number of hydrogen-bond acceptors (Lipinski definition) is 2. The van der Waals surface area contributed by atoms with Gasteiger partial charge in [0.25, 0.3) is 0 Å². The molecule has 0 unspecified atom stereocenters. The van der Waals surface area contributed by atoms with Gasteiger partial charge < -0.3 is 9.84 Å². The van der Waals surface area contributed by atoms with Crippen LogP contribution in [0.15, 0.2) is 48.5 Å². The molecule has 18 heavy (non-hydrogen) atoms. The first-order valence-electron chi connectivity index (χ1n) is 5.91. The van der Waals surface area contributed by atoms with E-state index in [9.17, 15) is 5.11 Å². The lowest BCUT2D eigenvalue weighted by molar-refractivity contribution is 0.170. The lowest BCUT2D eigenvalue weighted by atomic mass is 10.1. The van der Waals surface area contributed by atoms with E-state index in [-0.39, 0.29) is 0 Å². The monoisotopic (exact) mass is 262 g/mol. The third kappa shape index (κ3) is 2.84. The molecule has 0 heterocycles. The van der Waals surface area contributed by atoms with Crippen LogP contribution >= 0.6 is 11.6 Å². The maximum Gasteiger partial charge on any atom is 0.146 e. The molecule has 0 amide bonds. The summed E-state index contributed by atoms with van der Waals surface area (Å²) < 4.78 is 5.77. The molecule has 0 saturated heterocycles. The Morgan fingerprint density at radius 2 is 1.67 bits per heavy atom. The van der Waals surface area contributed by atoms with Crippen molar-refractivity contribution < 1.29 is 9.84 Å². The number of aliphatic hydroxyl groups excluding tert-OH is 1. The predicted octanol–water partition coefficient (Wildman–Crippen LogP) is 4.58. The van der Waals surface area contributed by atoms with Gasteiger partial charge in [-0.2, -0.15) is 0 Å². The summed E-state index contributed by atoms with van der Waals surface area (Å²) in [7, 11) is 0. The third-order valence-electron chi connectivity index (χ3n) is 2.72. The highest BCUT2D eigenvalue weighted by molar-refractivity contribution is 6.32. The molecule has 0 spiro atoms. The molecule has 2 aromatic carbocycles. The zero-order valence-corrected chi connectivity index (χ0v) is 10.9. The fourth-order valence-electron chi connectivity index (χ4n) is 1.71. The largest absolute Gasteiger partial charge is 0.455 e. The summed E-state index contributed by atoms with van der Waals surface area (Å²) in [5.74, 6) is 1.23. The van der Waals surface area contributed by atoms with Crippen LogP contribution in [-0.4, -0.2) is 5.11 Å². The maximum absolute atomic E-state index is 9.94. The summed E-state index contributed by atoms with van der Waals surface area (Å²) in [6.07, 6.45) is 0.117. The number of benzene rings is 2. The van der Waals surface area contributed by atoms with Crippen LogP contribution in [0.25, 0.3) is 0 Å². The van der Waals surface area contributed by atoms with Crippen molar-refractivity contribution in [3.8, 4) is 11.5 Å². The Morgan fingerprint density at radius 3 is 2.33 bits per heavy atom. The Morgan fingerprint density at radius 1 is 1.06 bits per heavy atom. The lowest BCUT2D eigenvalue weighted by Crippen LogP contribution is -1.98. The second-order valence-corrected chi connectivity index (χ2v) is 4.40. The average Bonchev–Trinajstić information content (AvgIpc) is 2.41. The molecule has 3 heteroatoms. The Balaban J connectivity index is 2.32. The molecule has 2 nitrogen and oxygen atoms in total. The maximum atomic E-state index is 9.94. The van der Waals surface area contributed by atoms with Gasteiger partial charge in [0, 0.05) is 5.56 Å². The Bertz CT molecular complexity index is 525. The number of para-hydroxylation sites is 2. The summed E-state index contributed by atoms with van der Waals surface area (Å²) in [5, 5.41) is 10.5. The molecule has 0 aliphatic heterocycles. The fourth-order valence-corrected chi connectivity index (χ4v) is 1.89. The van der Waals surface area contributed by atoms with Crippen LogP contribution in [-0.2, 0) is 0 Å². The van der Waals surface area contributed by atoms with Gasteiger partial charge in [-0.15, -0.1) is 0 Å². The summed E-state index contributed by atoms with van der Waals surface area (Å²) >= 11 is 6.05. The van der Waals surface area contributed by atoms with Crippen molar-refractivity contribution in [3.63, 3.8) is 0 Å². The van der Waals surface area contributed by atoms with Gasteiger partial charge in [-0.25, -0.2) is 0 Å². The van der Waals surface area contributed by atoms with Gasteiger partial charge in [0.15, 0.2) is 0 Å². The highest BCUT2D eigenvalue weighted by Gasteiger charge is 2.12. The standard InChI is InChI=1S/C15H15ClO2/c1-2-13(17)11-7-3-5-9-14(11)18-15-10-6-4-8-12(15)16/h3-10,13,17H,2H2,1H3/t13-/m1/s1. The smallest absolute Gasteiger partial charge is 0.146 e. The average molecular weight is 263 g/mol. The van der Waals surface area contributed by atoms with Gasteiger partial charge in [0.05, 0.1) is 11.1 Å².